The summed E-state index contributed by atoms with van der Waals surface area (Å²) in [6.07, 6.45) is 0. The van der Waals surface area contributed by atoms with E-state index in [0.717, 1.165) is 27.2 Å². The Hall–Kier alpha value is -2.60. The smallest absolute Gasteiger partial charge is 0.325 e. The van der Waals surface area contributed by atoms with Gasteiger partial charge in [0.25, 0.3) is 0 Å². The second-order valence-corrected chi connectivity index (χ2v) is 5.78. The normalized spacial score (nSPS) is 10.5. The predicted molar refractivity (Wildman–Crippen MR) is 90.0 cm³/mol. The number of para-hydroxylation sites is 1. The van der Waals surface area contributed by atoms with E-state index in [0.29, 0.717) is 5.13 Å². The minimum atomic E-state index is -0.313. The lowest BCUT2D eigenvalue weighted by Gasteiger charge is -2.09. The monoisotopic (exact) mass is 313 g/mol. The number of rotatable bonds is 3. The maximum atomic E-state index is 12.1. The Morgan fingerprint density at radius 3 is 2.73 bits per heavy atom. The molecule has 5 nitrogen and oxygen atoms in total. The number of hydrogen-bond acceptors (Lipinski definition) is 4. The van der Waals surface area contributed by atoms with Gasteiger partial charge in [0.15, 0.2) is 5.13 Å². The van der Waals surface area contributed by atoms with Crippen molar-refractivity contribution in [2.24, 2.45) is 0 Å². The van der Waals surface area contributed by atoms with E-state index in [-0.39, 0.29) is 6.03 Å². The molecule has 0 bridgehead atoms. The second-order valence-electron chi connectivity index (χ2n) is 4.75. The van der Waals surface area contributed by atoms with Gasteiger partial charge >= 0.3 is 6.03 Å². The lowest BCUT2D eigenvalue weighted by atomic mass is 10.2. The Morgan fingerprint density at radius 2 is 2.00 bits per heavy atom. The number of carbonyl (C=O) groups is 1. The quantitative estimate of drug-likeness (QED) is 0.759. The zero-order chi connectivity index (χ0) is 15.5. The van der Waals surface area contributed by atoms with Crippen molar-refractivity contribution >= 4 is 38.4 Å². The Morgan fingerprint density at radius 1 is 1.18 bits per heavy atom. The molecule has 112 valence electrons. The van der Waals surface area contributed by atoms with Crippen LogP contribution >= 0.6 is 11.3 Å². The standard InChI is InChI=1S/C16H15N3O2S/c1-10-9-11(21-2)7-8-12(10)17-15(20)19-16-18-13-5-3-4-6-14(13)22-16/h3-9H,1-2H3,(H2,17,18,19,20). The molecule has 2 amide bonds. The summed E-state index contributed by atoms with van der Waals surface area (Å²) in [7, 11) is 1.61. The molecular formula is C16H15N3O2S. The van der Waals surface area contributed by atoms with Crippen LogP contribution in [0.3, 0.4) is 0 Å². The number of thiazole rings is 1. The van der Waals surface area contributed by atoms with Crippen molar-refractivity contribution in [1.29, 1.82) is 0 Å². The van der Waals surface area contributed by atoms with Crippen LogP contribution in [0.2, 0.25) is 0 Å². The first-order chi connectivity index (χ1) is 10.7. The fourth-order valence-electron chi connectivity index (χ4n) is 2.08. The lowest BCUT2D eigenvalue weighted by Crippen LogP contribution is -2.19. The number of methoxy groups -OCH3 is 1. The highest BCUT2D eigenvalue weighted by Gasteiger charge is 2.09. The number of fused-ring (bicyclic) bond motifs is 1. The summed E-state index contributed by atoms with van der Waals surface area (Å²) in [4.78, 5) is 16.4. The number of anilines is 2. The van der Waals surface area contributed by atoms with Crippen LogP contribution in [0.4, 0.5) is 15.6 Å². The first kappa shape index (κ1) is 14.3. The topological polar surface area (TPSA) is 63.2 Å². The third kappa shape index (κ3) is 3.01. The lowest BCUT2D eigenvalue weighted by molar-refractivity contribution is 0.262. The minimum Gasteiger partial charge on any atom is -0.497 e. The number of urea groups is 1. The average molecular weight is 313 g/mol. The Balaban J connectivity index is 1.72. The van der Waals surface area contributed by atoms with E-state index in [4.69, 9.17) is 4.74 Å². The van der Waals surface area contributed by atoms with Gasteiger partial charge in [-0.15, -0.1) is 0 Å². The second kappa shape index (κ2) is 6.03. The maximum absolute atomic E-state index is 12.1. The molecule has 0 fully saturated rings. The van der Waals surface area contributed by atoms with E-state index in [9.17, 15) is 4.79 Å². The fraction of sp³-hybridized carbons (Fsp3) is 0.125. The van der Waals surface area contributed by atoms with Crippen LogP contribution in [0.15, 0.2) is 42.5 Å². The van der Waals surface area contributed by atoms with Crippen molar-refractivity contribution in [3.63, 3.8) is 0 Å². The highest BCUT2D eigenvalue weighted by molar-refractivity contribution is 7.22. The summed E-state index contributed by atoms with van der Waals surface area (Å²) >= 11 is 1.44. The number of amides is 2. The van der Waals surface area contributed by atoms with Gasteiger partial charge in [-0.05, 0) is 42.8 Å². The molecule has 2 aromatic carbocycles. The Bertz CT molecular complexity index is 796. The van der Waals surface area contributed by atoms with E-state index >= 15 is 0 Å². The van der Waals surface area contributed by atoms with Gasteiger partial charge in [0.1, 0.15) is 5.75 Å². The molecule has 22 heavy (non-hydrogen) atoms. The molecule has 0 radical (unpaired) electrons. The Labute approximate surface area is 131 Å². The van der Waals surface area contributed by atoms with E-state index in [1.165, 1.54) is 11.3 Å². The van der Waals surface area contributed by atoms with E-state index < -0.39 is 0 Å². The van der Waals surface area contributed by atoms with E-state index in [2.05, 4.69) is 15.6 Å². The average Bonchev–Trinajstić information content (AvgIpc) is 2.91. The molecule has 3 aromatic rings. The van der Waals surface area contributed by atoms with Gasteiger partial charge in [0, 0.05) is 5.69 Å². The largest absolute Gasteiger partial charge is 0.497 e. The number of carbonyl (C=O) groups excluding carboxylic acids is 1. The van der Waals surface area contributed by atoms with Crippen LogP contribution in [-0.4, -0.2) is 18.1 Å². The summed E-state index contributed by atoms with van der Waals surface area (Å²) in [6, 6.07) is 12.9. The number of hydrogen-bond donors (Lipinski definition) is 2. The molecule has 1 aromatic heterocycles. The van der Waals surface area contributed by atoms with Gasteiger partial charge in [-0.2, -0.15) is 0 Å². The highest BCUT2D eigenvalue weighted by Crippen LogP contribution is 2.26. The van der Waals surface area contributed by atoms with Crippen LogP contribution in [0.25, 0.3) is 10.2 Å². The Kier molecular flexibility index (Phi) is 3.93. The molecule has 2 N–H and O–H groups in total. The van der Waals surface area contributed by atoms with Crippen molar-refractivity contribution < 1.29 is 9.53 Å². The van der Waals surface area contributed by atoms with Gasteiger partial charge in [-0.25, -0.2) is 9.78 Å². The molecule has 0 saturated carbocycles. The number of benzene rings is 2. The molecule has 1 heterocycles. The van der Waals surface area contributed by atoms with Crippen molar-refractivity contribution in [3.05, 3.63) is 48.0 Å². The van der Waals surface area contributed by atoms with Gasteiger partial charge < -0.3 is 10.1 Å². The number of nitrogens with zero attached hydrogens (tertiary/aromatic N) is 1. The molecule has 0 aliphatic carbocycles. The molecule has 0 unspecified atom stereocenters. The molecule has 0 aliphatic heterocycles. The SMILES string of the molecule is COc1ccc(NC(=O)Nc2nc3ccccc3s2)c(C)c1. The maximum Gasteiger partial charge on any atom is 0.325 e. The van der Waals surface area contributed by atoms with Crippen LogP contribution < -0.4 is 15.4 Å². The number of ether oxygens (including phenoxy) is 1. The van der Waals surface area contributed by atoms with Crippen LogP contribution in [0, 0.1) is 6.92 Å². The third-order valence-corrected chi connectivity index (χ3v) is 4.15. The molecule has 0 saturated heterocycles. The summed E-state index contributed by atoms with van der Waals surface area (Å²) < 4.78 is 6.19. The third-order valence-electron chi connectivity index (χ3n) is 3.20. The molecule has 0 atom stereocenters. The molecule has 0 spiro atoms. The number of nitrogens with one attached hydrogen (secondary N) is 2. The molecule has 0 aliphatic rings. The summed E-state index contributed by atoms with van der Waals surface area (Å²) in [5, 5.41) is 6.15. The van der Waals surface area contributed by atoms with Gasteiger partial charge in [-0.3, -0.25) is 5.32 Å². The van der Waals surface area contributed by atoms with E-state index in [1.807, 2.05) is 43.3 Å². The van der Waals surface area contributed by atoms with Gasteiger partial charge in [0.2, 0.25) is 0 Å². The van der Waals surface area contributed by atoms with Crippen molar-refractivity contribution in [2.45, 2.75) is 6.92 Å². The van der Waals surface area contributed by atoms with Gasteiger partial charge in [-0.1, -0.05) is 23.5 Å². The van der Waals surface area contributed by atoms with Gasteiger partial charge in [0.05, 0.1) is 17.3 Å². The fourth-order valence-corrected chi connectivity index (χ4v) is 2.94. The van der Waals surface area contributed by atoms with Crippen molar-refractivity contribution in [3.8, 4) is 5.75 Å². The molecule has 3 rings (SSSR count). The predicted octanol–water partition coefficient (Wildman–Crippen LogP) is 4.26. The van der Waals surface area contributed by atoms with E-state index in [1.54, 1.807) is 13.2 Å². The zero-order valence-electron chi connectivity index (χ0n) is 12.2. The first-order valence-electron chi connectivity index (χ1n) is 6.74. The van der Waals surface area contributed by atoms with Crippen molar-refractivity contribution in [1.82, 2.24) is 4.98 Å². The molecular weight excluding hydrogens is 298 g/mol. The summed E-state index contributed by atoms with van der Waals surface area (Å²) in [5.74, 6) is 0.759. The van der Waals surface area contributed by atoms with Crippen LogP contribution in [-0.2, 0) is 0 Å². The summed E-state index contributed by atoms with van der Waals surface area (Å²) in [6.45, 7) is 1.91. The zero-order valence-corrected chi connectivity index (χ0v) is 13.0. The highest BCUT2D eigenvalue weighted by atomic mass is 32.1. The van der Waals surface area contributed by atoms with Crippen LogP contribution in [0.1, 0.15) is 5.56 Å². The summed E-state index contributed by atoms with van der Waals surface area (Å²) in [5.41, 5.74) is 2.54. The molecule has 6 heteroatoms. The number of aryl methyl sites for hydroxylation is 1. The van der Waals surface area contributed by atoms with Crippen LogP contribution in [0.5, 0.6) is 5.75 Å². The first-order valence-corrected chi connectivity index (χ1v) is 7.55. The van der Waals surface area contributed by atoms with Crippen molar-refractivity contribution in [2.75, 3.05) is 17.7 Å². The minimum absolute atomic E-state index is 0.313. The number of aromatic nitrogens is 1.